The third-order valence-corrected chi connectivity index (χ3v) is 4.84. The van der Waals surface area contributed by atoms with Gasteiger partial charge in [-0.25, -0.2) is 0 Å². The number of nitrogens with zero attached hydrogens (tertiary/aromatic N) is 4. The molecule has 0 bridgehead atoms. The SMILES string of the molecule is CCCCC1CCC(C(Cc2nnn(C)n2)NCC)CC1. The molecule has 2 rings (SSSR count). The fourth-order valence-corrected chi connectivity index (χ4v) is 3.64. The smallest absolute Gasteiger partial charge is 0.176 e. The van der Waals surface area contributed by atoms with Crippen LogP contribution in [0.25, 0.3) is 0 Å². The molecule has 1 aromatic heterocycles. The van der Waals surface area contributed by atoms with Gasteiger partial charge in [0, 0.05) is 12.5 Å². The van der Waals surface area contributed by atoms with E-state index in [0.717, 1.165) is 30.6 Å². The standard InChI is InChI=1S/C16H31N5/c1-4-6-7-13-8-10-14(11-9-13)15(17-5-2)12-16-18-20-21(3)19-16/h13-15,17H,4-12H2,1-3H3. The minimum absolute atomic E-state index is 0.506. The lowest BCUT2D eigenvalue weighted by molar-refractivity contribution is 0.211. The van der Waals surface area contributed by atoms with E-state index in [0.29, 0.717) is 6.04 Å². The number of hydrogen-bond donors (Lipinski definition) is 1. The molecule has 0 spiro atoms. The maximum Gasteiger partial charge on any atom is 0.176 e. The topological polar surface area (TPSA) is 55.6 Å². The van der Waals surface area contributed by atoms with Gasteiger partial charge in [-0.05, 0) is 36.4 Å². The second kappa shape index (κ2) is 8.47. The molecule has 1 fully saturated rings. The van der Waals surface area contributed by atoms with Crippen LogP contribution in [0.15, 0.2) is 0 Å². The van der Waals surface area contributed by atoms with Gasteiger partial charge in [0.05, 0.1) is 7.05 Å². The predicted octanol–water partition coefficient (Wildman–Crippen LogP) is 2.73. The molecule has 1 aliphatic carbocycles. The highest BCUT2D eigenvalue weighted by Crippen LogP contribution is 2.34. The van der Waals surface area contributed by atoms with Crippen LogP contribution in [-0.2, 0) is 13.5 Å². The molecule has 0 amide bonds. The van der Waals surface area contributed by atoms with Crippen LogP contribution in [0, 0.1) is 11.8 Å². The summed E-state index contributed by atoms with van der Waals surface area (Å²) in [4.78, 5) is 1.56. The van der Waals surface area contributed by atoms with Gasteiger partial charge in [-0.15, -0.1) is 10.2 Å². The first kappa shape index (κ1) is 16.4. The van der Waals surface area contributed by atoms with Gasteiger partial charge in [0.15, 0.2) is 5.82 Å². The Morgan fingerprint density at radius 1 is 1.24 bits per heavy atom. The summed E-state index contributed by atoms with van der Waals surface area (Å²) in [5.74, 6) is 2.61. The molecule has 1 aliphatic rings. The highest BCUT2D eigenvalue weighted by Gasteiger charge is 2.28. The third-order valence-electron chi connectivity index (χ3n) is 4.84. The summed E-state index contributed by atoms with van der Waals surface area (Å²) in [6, 6.07) is 0.506. The fraction of sp³-hybridized carbons (Fsp3) is 0.938. The van der Waals surface area contributed by atoms with Gasteiger partial charge in [0.1, 0.15) is 0 Å². The van der Waals surface area contributed by atoms with Crippen molar-refractivity contribution in [2.45, 2.75) is 71.3 Å². The van der Waals surface area contributed by atoms with Crippen LogP contribution in [0.3, 0.4) is 0 Å². The highest BCUT2D eigenvalue weighted by atomic mass is 15.6. The lowest BCUT2D eigenvalue weighted by Gasteiger charge is -2.34. The average Bonchev–Trinajstić information content (AvgIpc) is 2.90. The summed E-state index contributed by atoms with van der Waals surface area (Å²) in [5, 5.41) is 16.1. The molecule has 5 heteroatoms. The van der Waals surface area contributed by atoms with E-state index < -0.39 is 0 Å². The van der Waals surface area contributed by atoms with Gasteiger partial charge < -0.3 is 5.32 Å². The zero-order valence-corrected chi connectivity index (χ0v) is 13.9. The van der Waals surface area contributed by atoms with Crippen LogP contribution in [0.2, 0.25) is 0 Å². The quantitative estimate of drug-likeness (QED) is 0.800. The average molecular weight is 293 g/mol. The molecule has 1 saturated carbocycles. The molecule has 0 aromatic carbocycles. The van der Waals surface area contributed by atoms with Gasteiger partial charge in [-0.1, -0.05) is 46.0 Å². The van der Waals surface area contributed by atoms with Crippen LogP contribution in [0.5, 0.6) is 0 Å². The number of rotatable bonds is 8. The minimum Gasteiger partial charge on any atom is -0.314 e. The Kier molecular flexibility index (Phi) is 6.61. The number of tetrazole rings is 1. The maximum atomic E-state index is 4.34. The second-order valence-corrected chi connectivity index (χ2v) is 6.49. The monoisotopic (exact) mass is 293 g/mol. The molecule has 120 valence electrons. The minimum atomic E-state index is 0.506. The van der Waals surface area contributed by atoms with Crippen molar-refractivity contribution in [2.75, 3.05) is 6.54 Å². The summed E-state index contributed by atoms with van der Waals surface area (Å²) >= 11 is 0. The molecular formula is C16H31N5. The first-order valence-electron chi connectivity index (χ1n) is 8.69. The number of unbranched alkanes of at least 4 members (excludes halogenated alkanes) is 1. The van der Waals surface area contributed by atoms with Crippen molar-refractivity contribution < 1.29 is 0 Å². The lowest BCUT2D eigenvalue weighted by atomic mass is 9.76. The van der Waals surface area contributed by atoms with Crippen LogP contribution in [-0.4, -0.2) is 32.8 Å². The molecule has 21 heavy (non-hydrogen) atoms. The second-order valence-electron chi connectivity index (χ2n) is 6.49. The van der Waals surface area contributed by atoms with E-state index in [1.165, 1.54) is 44.9 Å². The molecule has 0 saturated heterocycles. The largest absolute Gasteiger partial charge is 0.314 e. The van der Waals surface area contributed by atoms with E-state index in [4.69, 9.17) is 0 Å². The van der Waals surface area contributed by atoms with Crippen molar-refractivity contribution in [2.24, 2.45) is 18.9 Å². The van der Waals surface area contributed by atoms with Crippen molar-refractivity contribution >= 4 is 0 Å². The molecule has 0 radical (unpaired) electrons. The highest BCUT2D eigenvalue weighted by molar-refractivity contribution is 4.90. The van der Waals surface area contributed by atoms with Crippen molar-refractivity contribution in [1.29, 1.82) is 0 Å². The first-order chi connectivity index (χ1) is 10.2. The van der Waals surface area contributed by atoms with Crippen LogP contribution < -0.4 is 5.32 Å². The molecule has 1 N–H and O–H groups in total. The first-order valence-corrected chi connectivity index (χ1v) is 8.69. The summed E-state index contributed by atoms with van der Waals surface area (Å²) in [6.07, 6.45) is 10.6. The molecule has 1 heterocycles. The number of aromatic nitrogens is 4. The fourth-order valence-electron chi connectivity index (χ4n) is 3.64. The van der Waals surface area contributed by atoms with Crippen LogP contribution >= 0.6 is 0 Å². The molecule has 1 unspecified atom stereocenters. The normalized spacial score (nSPS) is 24.1. The molecule has 1 atom stereocenters. The Hall–Kier alpha value is -0.970. The van der Waals surface area contributed by atoms with Gasteiger partial charge >= 0.3 is 0 Å². The Bertz CT molecular complexity index is 395. The summed E-state index contributed by atoms with van der Waals surface area (Å²) < 4.78 is 0. The maximum absolute atomic E-state index is 4.34. The number of aryl methyl sites for hydroxylation is 1. The summed E-state index contributed by atoms with van der Waals surface area (Å²) in [6.45, 7) is 5.49. The van der Waals surface area contributed by atoms with E-state index in [9.17, 15) is 0 Å². The zero-order valence-electron chi connectivity index (χ0n) is 13.9. The van der Waals surface area contributed by atoms with Crippen molar-refractivity contribution in [3.05, 3.63) is 5.82 Å². The van der Waals surface area contributed by atoms with E-state index in [1.807, 2.05) is 7.05 Å². The Morgan fingerprint density at radius 3 is 2.57 bits per heavy atom. The molecule has 5 nitrogen and oxygen atoms in total. The third kappa shape index (κ3) is 5.06. The Labute approximate surface area is 128 Å². The van der Waals surface area contributed by atoms with Crippen molar-refractivity contribution in [3.8, 4) is 0 Å². The van der Waals surface area contributed by atoms with E-state index in [2.05, 4.69) is 34.6 Å². The van der Waals surface area contributed by atoms with Gasteiger partial charge in [-0.3, -0.25) is 0 Å². The number of likely N-dealkylation sites (N-methyl/N-ethyl adjacent to an activating group) is 1. The summed E-state index contributed by atoms with van der Waals surface area (Å²) in [7, 11) is 1.83. The van der Waals surface area contributed by atoms with Gasteiger partial charge in [0.25, 0.3) is 0 Å². The van der Waals surface area contributed by atoms with Crippen LogP contribution in [0.1, 0.15) is 64.6 Å². The van der Waals surface area contributed by atoms with Gasteiger partial charge in [0.2, 0.25) is 0 Å². The lowest BCUT2D eigenvalue weighted by Crippen LogP contribution is -2.40. The number of hydrogen-bond acceptors (Lipinski definition) is 4. The molecule has 1 aromatic rings. The zero-order chi connectivity index (χ0) is 15.1. The van der Waals surface area contributed by atoms with E-state index in [-0.39, 0.29) is 0 Å². The van der Waals surface area contributed by atoms with Gasteiger partial charge in [-0.2, -0.15) is 4.80 Å². The molecular weight excluding hydrogens is 262 g/mol. The number of nitrogens with one attached hydrogen (secondary N) is 1. The van der Waals surface area contributed by atoms with E-state index >= 15 is 0 Å². The van der Waals surface area contributed by atoms with Crippen molar-refractivity contribution in [3.63, 3.8) is 0 Å². The van der Waals surface area contributed by atoms with E-state index in [1.54, 1.807) is 4.80 Å². The van der Waals surface area contributed by atoms with Crippen molar-refractivity contribution in [1.82, 2.24) is 25.5 Å². The predicted molar refractivity (Wildman–Crippen MR) is 84.9 cm³/mol. The molecule has 0 aliphatic heterocycles. The Morgan fingerprint density at radius 2 is 2.00 bits per heavy atom. The Balaban J connectivity index is 1.84. The van der Waals surface area contributed by atoms with Crippen LogP contribution in [0.4, 0.5) is 0 Å². The summed E-state index contributed by atoms with van der Waals surface area (Å²) in [5.41, 5.74) is 0.